The molecule has 0 aliphatic heterocycles. The third-order valence-corrected chi connectivity index (χ3v) is 6.69. The first kappa shape index (κ1) is 23.9. The number of benzene rings is 4. The lowest BCUT2D eigenvalue weighted by Crippen LogP contribution is -2.34. The van der Waals surface area contributed by atoms with Gasteiger partial charge in [-0.2, -0.15) is 0 Å². The molecular formula is C31H25BrN2O2. The monoisotopic (exact) mass is 536 g/mol. The molecule has 0 aliphatic rings. The molecule has 1 aromatic heterocycles. The van der Waals surface area contributed by atoms with E-state index in [0.29, 0.717) is 6.54 Å². The summed E-state index contributed by atoms with van der Waals surface area (Å²) in [4.78, 5) is 19.2. The fraction of sp³-hybridized carbons (Fsp3) is 0.0968. The minimum atomic E-state index is -0.871. The highest BCUT2D eigenvalue weighted by molar-refractivity contribution is 9.10. The van der Waals surface area contributed by atoms with Gasteiger partial charge in [-0.3, -0.25) is 9.69 Å². The minimum Gasteiger partial charge on any atom is -0.480 e. The molecule has 36 heavy (non-hydrogen) atoms. The quantitative estimate of drug-likeness (QED) is 0.225. The summed E-state index contributed by atoms with van der Waals surface area (Å²) >= 11 is 3.59. The molecule has 0 spiro atoms. The normalized spacial score (nSPS) is 12.1. The number of hydrogen-bond donors (Lipinski definition) is 1. The molecule has 0 amide bonds. The van der Waals surface area contributed by atoms with Crippen molar-refractivity contribution in [1.82, 2.24) is 9.88 Å². The van der Waals surface area contributed by atoms with Gasteiger partial charge in [0.15, 0.2) is 0 Å². The molecular weight excluding hydrogens is 512 g/mol. The smallest absolute Gasteiger partial charge is 0.317 e. The summed E-state index contributed by atoms with van der Waals surface area (Å²) < 4.78 is 0.971. The highest BCUT2D eigenvalue weighted by atomic mass is 79.9. The Balaban J connectivity index is 1.76. The topological polar surface area (TPSA) is 53.4 Å². The number of aliphatic carboxylic acids is 1. The highest BCUT2D eigenvalue weighted by Gasteiger charge is 2.28. The Bertz CT molecular complexity index is 1470. The zero-order valence-corrected chi connectivity index (χ0v) is 21.2. The molecule has 0 aliphatic carbocycles. The van der Waals surface area contributed by atoms with Gasteiger partial charge in [-0.15, -0.1) is 0 Å². The first-order valence-corrected chi connectivity index (χ1v) is 12.6. The van der Waals surface area contributed by atoms with Gasteiger partial charge in [0.05, 0.1) is 23.8 Å². The predicted octanol–water partition coefficient (Wildman–Crippen LogP) is 7.34. The van der Waals surface area contributed by atoms with Gasteiger partial charge in [0.2, 0.25) is 0 Å². The van der Waals surface area contributed by atoms with Crippen molar-refractivity contribution in [2.45, 2.75) is 12.6 Å². The molecule has 4 aromatic carbocycles. The van der Waals surface area contributed by atoms with Gasteiger partial charge < -0.3 is 5.11 Å². The van der Waals surface area contributed by atoms with Crippen LogP contribution < -0.4 is 0 Å². The van der Waals surface area contributed by atoms with Crippen LogP contribution in [0.2, 0.25) is 0 Å². The summed E-state index contributed by atoms with van der Waals surface area (Å²) in [6.45, 7) is 0.372. The number of hydrogen-bond acceptors (Lipinski definition) is 3. The molecule has 4 nitrogen and oxygen atoms in total. The fourth-order valence-electron chi connectivity index (χ4n) is 4.65. The molecule has 1 unspecified atom stereocenters. The van der Waals surface area contributed by atoms with Crippen molar-refractivity contribution in [1.29, 1.82) is 0 Å². The molecule has 5 heteroatoms. The molecule has 0 bridgehead atoms. The molecule has 0 fully saturated rings. The van der Waals surface area contributed by atoms with Crippen molar-refractivity contribution >= 4 is 32.8 Å². The highest BCUT2D eigenvalue weighted by Crippen LogP contribution is 2.38. The van der Waals surface area contributed by atoms with Crippen molar-refractivity contribution in [3.8, 4) is 11.3 Å². The molecule has 1 atom stereocenters. The molecule has 5 aromatic rings. The summed E-state index contributed by atoms with van der Waals surface area (Å²) in [5, 5.41) is 10.9. The second-order valence-electron chi connectivity index (χ2n) is 8.73. The van der Waals surface area contributed by atoms with E-state index in [1.54, 1.807) is 0 Å². The van der Waals surface area contributed by atoms with Crippen molar-refractivity contribution in [3.63, 3.8) is 0 Å². The zero-order chi connectivity index (χ0) is 24.9. The second-order valence-corrected chi connectivity index (χ2v) is 9.64. The van der Waals surface area contributed by atoms with Gasteiger partial charge >= 0.3 is 5.97 Å². The molecule has 0 radical (unpaired) electrons. The van der Waals surface area contributed by atoms with E-state index < -0.39 is 5.97 Å². The Hall–Kier alpha value is -3.80. The SMILES string of the molecule is O=C(O)CN(Cc1ccccc1)C(c1ccccc1)c1cc2cc(Br)ccc2nc1-c1ccccc1. The number of rotatable bonds is 8. The summed E-state index contributed by atoms with van der Waals surface area (Å²) in [5.41, 5.74) is 5.77. The Morgan fingerprint density at radius 1 is 0.833 bits per heavy atom. The van der Waals surface area contributed by atoms with Crippen LogP contribution in [-0.4, -0.2) is 27.5 Å². The van der Waals surface area contributed by atoms with Crippen LogP contribution in [0, 0.1) is 0 Å². The van der Waals surface area contributed by atoms with Crippen LogP contribution in [0.25, 0.3) is 22.2 Å². The van der Waals surface area contributed by atoms with E-state index in [2.05, 4.69) is 52.3 Å². The summed E-state index contributed by atoms with van der Waals surface area (Å²) in [6, 6.07) is 38.1. The molecule has 1 heterocycles. The third kappa shape index (κ3) is 5.38. The lowest BCUT2D eigenvalue weighted by Gasteiger charge is -2.33. The van der Waals surface area contributed by atoms with Crippen molar-refractivity contribution < 1.29 is 9.90 Å². The number of aromatic nitrogens is 1. The van der Waals surface area contributed by atoms with Gasteiger partial charge in [0.25, 0.3) is 0 Å². The number of nitrogens with zero attached hydrogens (tertiary/aromatic N) is 2. The number of carboxylic acid groups (broad SMARTS) is 1. The van der Waals surface area contributed by atoms with Crippen molar-refractivity contribution in [2.75, 3.05) is 6.54 Å². The van der Waals surface area contributed by atoms with Crippen LogP contribution in [0.3, 0.4) is 0 Å². The number of pyridine rings is 1. The lowest BCUT2D eigenvalue weighted by atomic mass is 9.91. The second kappa shape index (κ2) is 10.9. The lowest BCUT2D eigenvalue weighted by molar-refractivity contribution is -0.138. The van der Waals surface area contributed by atoms with E-state index in [1.807, 2.05) is 83.8 Å². The third-order valence-electron chi connectivity index (χ3n) is 6.20. The van der Waals surface area contributed by atoms with E-state index in [9.17, 15) is 9.90 Å². The molecule has 1 N–H and O–H groups in total. The Labute approximate surface area is 219 Å². The molecule has 5 rings (SSSR count). The summed E-state index contributed by atoms with van der Waals surface area (Å²) in [5.74, 6) is -0.871. The van der Waals surface area contributed by atoms with Gasteiger partial charge in [0.1, 0.15) is 0 Å². The maximum atomic E-state index is 12.1. The van der Waals surface area contributed by atoms with Gasteiger partial charge in [-0.1, -0.05) is 107 Å². The average molecular weight is 537 g/mol. The number of fused-ring (bicyclic) bond motifs is 1. The van der Waals surface area contributed by atoms with Gasteiger partial charge in [-0.25, -0.2) is 4.98 Å². The first-order chi connectivity index (χ1) is 17.6. The van der Waals surface area contributed by atoms with Crippen molar-refractivity contribution in [3.05, 3.63) is 136 Å². The van der Waals surface area contributed by atoms with Gasteiger partial charge in [-0.05, 0) is 35.4 Å². The van der Waals surface area contributed by atoms with E-state index in [0.717, 1.165) is 43.3 Å². The number of carbonyl (C=O) groups is 1. The fourth-order valence-corrected chi connectivity index (χ4v) is 5.03. The Morgan fingerprint density at radius 3 is 2.14 bits per heavy atom. The zero-order valence-electron chi connectivity index (χ0n) is 19.6. The minimum absolute atomic E-state index is 0.112. The maximum absolute atomic E-state index is 12.1. The van der Waals surface area contributed by atoms with Crippen LogP contribution in [-0.2, 0) is 11.3 Å². The predicted molar refractivity (Wildman–Crippen MR) is 148 cm³/mol. The molecule has 0 saturated heterocycles. The van der Waals surface area contributed by atoms with Crippen molar-refractivity contribution in [2.24, 2.45) is 0 Å². The van der Waals surface area contributed by atoms with E-state index >= 15 is 0 Å². The van der Waals surface area contributed by atoms with Crippen LogP contribution in [0.4, 0.5) is 0 Å². The number of carboxylic acids is 1. The summed E-state index contributed by atoms with van der Waals surface area (Å²) in [7, 11) is 0. The van der Waals surface area contributed by atoms with Crippen LogP contribution in [0.1, 0.15) is 22.7 Å². The first-order valence-electron chi connectivity index (χ1n) is 11.8. The largest absolute Gasteiger partial charge is 0.480 e. The summed E-state index contributed by atoms with van der Waals surface area (Å²) in [6.07, 6.45) is 0. The number of halogens is 1. The molecule has 0 saturated carbocycles. The van der Waals surface area contributed by atoms with Crippen LogP contribution in [0.5, 0.6) is 0 Å². The molecule has 178 valence electrons. The Morgan fingerprint density at radius 2 is 1.47 bits per heavy atom. The van der Waals surface area contributed by atoms with E-state index in [4.69, 9.17) is 4.98 Å². The van der Waals surface area contributed by atoms with E-state index in [-0.39, 0.29) is 12.6 Å². The van der Waals surface area contributed by atoms with Crippen LogP contribution in [0.15, 0.2) is 120 Å². The van der Waals surface area contributed by atoms with Crippen LogP contribution >= 0.6 is 15.9 Å². The maximum Gasteiger partial charge on any atom is 0.317 e. The standard InChI is InChI=1S/C31H25BrN2O2/c32-26-16-17-28-25(18-26)19-27(30(33-28)23-12-6-2-7-13-23)31(24-14-8-3-9-15-24)34(21-29(35)36)20-22-10-4-1-5-11-22/h1-19,31H,20-21H2,(H,35,36). The van der Waals surface area contributed by atoms with E-state index in [1.165, 1.54) is 0 Å². The Kier molecular flexibility index (Phi) is 7.21. The average Bonchev–Trinajstić information content (AvgIpc) is 2.90. The van der Waals surface area contributed by atoms with Gasteiger partial charge in [0, 0.05) is 27.5 Å².